The third-order valence-electron chi connectivity index (χ3n) is 3.90. The second-order valence-corrected chi connectivity index (χ2v) is 6.97. The van der Waals surface area contributed by atoms with Crippen LogP contribution in [-0.4, -0.2) is 30.2 Å². The van der Waals surface area contributed by atoms with Crippen LogP contribution in [0.25, 0.3) is 10.9 Å². The first-order valence-corrected chi connectivity index (χ1v) is 9.13. The minimum absolute atomic E-state index is 0.0904. The summed E-state index contributed by atoms with van der Waals surface area (Å²) < 4.78 is 40.9. The summed E-state index contributed by atoms with van der Waals surface area (Å²) in [6, 6.07) is 4.29. The Morgan fingerprint density at radius 1 is 1.25 bits per heavy atom. The molecule has 1 aromatic carbocycles. The number of alkyl halides is 2. The number of benzene rings is 1. The van der Waals surface area contributed by atoms with E-state index >= 15 is 0 Å². The Bertz CT molecular complexity index is 1080. The molecule has 0 saturated heterocycles. The van der Waals surface area contributed by atoms with Gasteiger partial charge in [-0.1, -0.05) is 11.6 Å². The number of carbonyl (C=O) groups excluding carboxylic acids is 2. The van der Waals surface area contributed by atoms with Crippen LogP contribution in [0.5, 0.6) is 16.6 Å². The van der Waals surface area contributed by atoms with Crippen LogP contribution in [0.1, 0.15) is 23.0 Å². The van der Waals surface area contributed by atoms with E-state index in [1.807, 2.05) is 0 Å². The maximum atomic E-state index is 13.1. The summed E-state index contributed by atoms with van der Waals surface area (Å²) >= 11 is 7.07. The molecule has 0 bridgehead atoms. The summed E-state index contributed by atoms with van der Waals surface area (Å²) in [6.07, 6.45) is 0. The molecule has 0 radical (unpaired) electrons. The zero-order chi connectivity index (χ0) is 20.6. The van der Waals surface area contributed by atoms with Crippen molar-refractivity contribution in [3.05, 3.63) is 39.9 Å². The van der Waals surface area contributed by atoms with Crippen LogP contribution in [-0.2, 0) is 4.79 Å². The first-order chi connectivity index (χ1) is 13.2. The van der Waals surface area contributed by atoms with Crippen molar-refractivity contribution in [2.45, 2.75) is 20.5 Å². The number of fused-ring (bicyclic) bond motifs is 1. The number of carbonyl (C=O) groups is 2. The number of esters is 1. The van der Waals surface area contributed by atoms with Gasteiger partial charge in [-0.25, -0.2) is 0 Å². The summed E-state index contributed by atoms with van der Waals surface area (Å²) in [5.74, 6) is -0.547. The van der Waals surface area contributed by atoms with Crippen molar-refractivity contribution >= 4 is 45.7 Å². The lowest BCUT2D eigenvalue weighted by atomic mass is 10.2. The summed E-state index contributed by atoms with van der Waals surface area (Å²) in [7, 11) is 1.43. The van der Waals surface area contributed by atoms with E-state index in [2.05, 4.69) is 4.74 Å². The smallest absolute Gasteiger partial charge is 0.388 e. The normalized spacial score (nSPS) is 11.1. The van der Waals surface area contributed by atoms with Crippen LogP contribution in [0.2, 0.25) is 5.02 Å². The van der Waals surface area contributed by atoms with Crippen molar-refractivity contribution in [3.63, 3.8) is 0 Å². The quantitative estimate of drug-likeness (QED) is 0.540. The van der Waals surface area contributed by atoms with E-state index < -0.39 is 18.5 Å². The van der Waals surface area contributed by atoms with Gasteiger partial charge in [-0.2, -0.15) is 8.78 Å². The zero-order valence-corrected chi connectivity index (χ0v) is 16.5. The van der Waals surface area contributed by atoms with Gasteiger partial charge in [0.05, 0.1) is 28.9 Å². The Kier molecular flexibility index (Phi) is 5.57. The van der Waals surface area contributed by atoms with Crippen molar-refractivity contribution in [1.29, 1.82) is 0 Å². The molecule has 0 fully saturated rings. The fourth-order valence-corrected chi connectivity index (χ4v) is 3.76. The predicted octanol–water partition coefficient (Wildman–Crippen LogP) is 4.89. The monoisotopic (exact) mass is 429 g/mol. The van der Waals surface area contributed by atoms with E-state index in [-0.39, 0.29) is 21.4 Å². The highest BCUT2D eigenvalue weighted by molar-refractivity contribution is 7.12. The van der Waals surface area contributed by atoms with Crippen molar-refractivity contribution in [3.8, 4) is 16.6 Å². The number of thiophene rings is 1. The fourth-order valence-electron chi connectivity index (χ4n) is 2.79. The predicted molar refractivity (Wildman–Crippen MR) is 100 cm³/mol. The van der Waals surface area contributed by atoms with E-state index in [9.17, 15) is 18.4 Å². The Balaban J connectivity index is 2.18. The SMILES string of the molecule is COc1cc2c(OC(C)=O)c(C)n(C(=O)c3csc(OC(F)F)c3)c2cc1Cl. The van der Waals surface area contributed by atoms with Crippen LogP contribution in [0.3, 0.4) is 0 Å². The van der Waals surface area contributed by atoms with Crippen molar-refractivity contribution in [2.24, 2.45) is 0 Å². The van der Waals surface area contributed by atoms with Crippen LogP contribution in [0.4, 0.5) is 8.78 Å². The molecule has 2 aromatic heterocycles. The minimum Gasteiger partial charge on any atom is -0.495 e. The minimum atomic E-state index is -2.99. The van der Waals surface area contributed by atoms with Crippen molar-refractivity contribution in [1.82, 2.24) is 4.57 Å². The van der Waals surface area contributed by atoms with Crippen LogP contribution < -0.4 is 14.2 Å². The van der Waals surface area contributed by atoms with Crippen molar-refractivity contribution < 1.29 is 32.6 Å². The summed E-state index contributed by atoms with van der Waals surface area (Å²) in [5, 5.41) is 2.01. The van der Waals surface area contributed by atoms with Crippen LogP contribution in [0.15, 0.2) is 23.6 Å². The van der Waals surface area contributed by atoms with Gasteiger partial charge < -0.3 is 14.2 Å². The second-order valence-electron chi connectivity index (χ2n) is 5.69. The first-order valence-electron chi connectivity index (χ1n) is 7.88. The van der Waals surface area contributed by atoms with Gasteiger partial charge in [-0.15, -0.1) is 11.3 Å². The van der Waals surface area contributed by atoms with E-state index in [4.69, 9.17) is 21.1 Å². The van der Waals surface area contributed by atoms with Gasteiger partial charge in [0.25, 0.3) is 5.91 Å². The maximum Gasteiger partial charge on any atom is 0.388 e. The standard InChI is InChI=1S/C18H14ClF2NO5S/c1-8-16(26-9(2)23)11-5-14(25-3)12(19)6-13(11)22(8)17(24)10-4-15(28-7-10)27-18(20)21/h4-7,18H,1-3H3. The molecule has 0 spiro atoms. The molecule has 3 rings (SSSR count). The molecule has 0 unspecified atom stereocenters. The number of hydrogen-bond donors (Lipinski definition) is 0. The largest absolute Gasteiger partial charge is 0.495 e. The third-order valence-corrected chi connectivity index (χ3v) is 5.01. The first kappa shape index (κ1) is 20.1. The van der Waals surface area contributed by atoms with Crippen molar-refractivity contribution in [2.75, 3.05) is 7.11 Å². The Labute approximate surface area is 167 Å². The number of aromatic nitrogens is 1. The Hall–Kier alpha value is -2.65. The highest BCUT2D eigenvalue weighted by Gasteiger charge is 2.24. The van der Waals surface area contributed by atoms with Gasteiger partial charge in [0.2, 0.25) is 0 Å². The van der Waals surface area contributed by atoms with Gasteiger partial charge >= 0.3 is 12.6 Å². The molecular weight excluding hydrogens is 416 g/mol. The molecule has 0 N–H and O–H groups in total. The van der Waals surface area contributed by atoms with Gasteiger partial charge in [0, 0.05) is 23.8 Å². The molecule has 28 heavy (non-hydrogen) atoms. The average molecular weight is 430 g/mol. The highest BCUT2D eigenvalue weighted by Crippen LogP contribution is 2.39. The fraction of sp³-hybridized carbons (Fsp3) is 0.222. The van der Waals surface area contributed by atoms with Crippen LogP contribution >= 0.6 is 22.9 Å². The number of halogens is 3. The highest BCUT2D eigenvalue weighted by atomic mass is 35.5. The maximum absolute atomic E-state index is 13.1. The van der Waals surface area contributed by atoms with E-state index in [1.54, 1.807) is 13.0 Å². The number of hydrogen-bond acceptors (Lipinski definition) is 6. The molecule has 0 atom stereocenters. The Morgan fingerprint density at radius 2 is 1.96 bits per heavy atom. The van der Waals surface area contributed by atoms with Gasteiger partial charge in [0.15, 0.2) is 10.8 Å². The molecule has 10 heteroatoms. The molecule has 148 valence electrons. The second kappa shape index (κ2) is 7.76. The number of rotatable bonds is 5. The molecule has 0 aliphatic rings. The lowest BCUT2D eigenvalue weighted by molar-refractivity contribution is -0.131. The van der Waals surface area contributed by atoms with E-state index in [1.165, 1.54) is 36.1 Å². The zero-order valence-electron chi connectivity index (χ0n) is 14.9. The molecule has 0 saturated carbocycles. The van der Waals surface area contributed by atoms with E-state index in [0.29, 0.717) is 22.3 Å². The van der Waals surface area contributed by atoms with Crippen LogP contribution in [0, 0.1) is 6.92 Å². The van der Waals surface area contributed by atoms with E-state index in [0.717, 1.165) is 11.3 Å². The summed E-state index contributed by atoms with van der Waals surface area (Å²) in [5.41, 5.74) is 0.871. The van der Waals surface area contributed by atoms with Gasteiger partial charge in [-0.05, 0) is 19.1 Å². The number of nitrogens with zero attached hydrogens (tertiary/aromatic N) is 1. The molecule has 0 aliphatic heterocycles. The summed E-state index contributed by atoms with van der Waals surface area (Å²) in [6.45, 7) is -0.151. The molecule has 0 aliphatic carbocycles. The molecule has 3 aromatic rings. The van der Waals surface area contributed by atoms with Gasteiger partial charge in [0.1, 0.15) is 5.75 Å². The molecular formula is C18H14ClF2NO5S. The lowest BCUT2D eigenvalue weighted by Crippen LogP contribution is -2.13. The Morgan fingerprint density at radius 3 is 2.57 bits per heavy atom. The molecule has 6 nitrogen and oxygen atoms in total. The number of methoxy groups -OCH3 is 1. The lowest BCUT2D eigenvalue weighted by Gasteiger charge is -2.07. The molecule has 2 heterocycles. The average Bonchev–Trinajstić information content (AvgIpc) is 3.16. The van der Waals surface area contributed by atoms with Gasteiger partial charge in [-0.3, -0.25) is 14.2 Å². The molecule has 0 amide bonds. The third kappa shape index (κ3) is 3.67. The topological polar surface area (TPSA) is 66.8 Å². The number of ether oxygens (including phenoxy) is 3. The summed E-state index contributed by atoms with van der Waals surface area (Å²) in [4.78, 5) is 24.6.